The first-order chi connectivity index (χ1) is 12.1. The number of carboxylic acid groups (broad SMARTS) is 1. The minimum Gasteiger partial charge on any atom is -0.504 e. The molecule has 0 radical (unpaired) electrons. The van der Waals surface area contributed by atoms with E-state index in [1.807, 2.05) is 24.3 Å². The Morgan fingerprint density at radius 1 is 1.20 bits per heavy atom. The van der Waals surface area contributed by atoms with Gasteiger partial charge in [0.1, 0.15) is 6.04 Å². The highest BCUT2D eigenvalue weighted by atomic mass is 16.5. The summed E-state index contributed by atoms with van der Waals surface area (Å²) in [5.41, 5.74) is 3.38. The molecule has 0 saturated carbocycles. The van der Waals surface area contributed by atoms with Gasteiger partial charge in [0, 0.05) is 28.6 Å². The van der Waals surface area contributed by atoms with Crippen LogP contribution in [0, 0.1) is 0 Å². The van der Waals surface area contributed by atoms with Crippen molar-refractivity contribution in [1.82, 2.24) is 10.3 Å². The molecule has 1 aromatic heterocycles. The van der Waals surface area contributed by atoms with Crippen LogP contribution in [-0.2, 0) is 11.2 Å². The van der Waals surface area contributed by atoms with Crippen LogP contribution in [0.5, 0.6) is 11.5 Å². The van der Waals surface area contributed by atoms with Gasteiger partial charge in [0.05, 0.1) is 13.2 Å². The fourth-order valence-electron chi connectivity index (χ4n) is 3.58. The Morgan fingerprint density at radius 2 is 2.00 bits per heavy atom. The lowest BCUT2D eigenvalue weighted by Crippen LogP contribution is -2.45. The van der Waals surface area contributed by atoms with E-state index in [1.165, 1.54) is 7.11 Å². The van der Waals surface area contributed by atoms with Gasteiger partial charge < -0.3 is 19.9 Å². The number of hydrogen-bond acceptors (Lipinski definition) is 4. The Hall–Kier alpha value is -2.99. The van der Waals surface area contributed by atoms with Crippen molar-refractivity contribution in [2.75, 3.05) is 7.11 Å². The van der Waals surface area contributed by atoms with Crippen LogP contribution in [0.25, 0.3) is 10.9 Å². The molecule has 0 aliphatic carbocycles. The predicted octanol–water partition coefficient (Wildman–Crippen LogP) is 2.57. The molecule has 1 aliphatic heterocycles. The summed E-state index contributed by atoms with van der Waals surface area (Å²) < 4.78 is 5.19. The van der Waals surface area contributed by atoms with E-state index in [9.17, 15) is 15.0 Å². The summed E-state index contributed by atoms with van der Waals surface area (Å²) in [5.74, 6) is -0.545. The number of H-pyrrole nitrogens is 1. The zero-order valence-corrected chi connectivity index (χ0v) is 13.6. The predicted molar refractivity (Wildman–Crippen MR) is 93.1 cm³/mol. The zero-order chi connectivity index (χ0) is 17.6. The van der Waals surface area contributed by atoms with E-state index in [2.05, 4.69) is 10.3 Å². The molecule has 1 aliphatic rings. The first-order valence-corrected chi connectivity index (χ1v) is 8.04. The van der Waals surface area contributed by atoms with Crippen LogP contribution in [0.3, 0.4) is 0 Å². The van der Waals surface area contributed by atoms with Crippen molar-refractivity contribution in [2.24, 2.45) is 0 Å². The van der Waals surface area contributed by atoms with Gasteiger partial charge in [-0.05, 0) is 17.7 Å². The van der Waals surface area contributed by atoms with Gasteiger partial charge in [0.2, 0.25) is 0 Å². The molecule has 4 N–H and O–H groups in total. The highest BCUT2D eigenvalue weighted by Gasteiger charge is 2.35. The summed E-state index contributed by atoms with van der Waals surface area (Å²) in [6.45, 7) is 0. The molecule has 0 fully saturated rings. The molecule has 128 valence electrons. The summed E-state index contributed by atoms with van der Waals surface area (Å²) in [7, 11) is 1.49. The average molecular weight is 338 g/mol. The number of phenols is 1. The average Bonchev–Trinajstić information content (AvgIpc) is 3.00. The van der Waals surface area contributed by atoms with Crippen molar-refractivity contribution in [3.05, 3.63) is 59.3 Å². The molecule has 6 heteroatoms. The topological polar surface area (TPSA) is 94.6 Å². The van der Waals surface area contributed by atoms with Gasteiger partial charge in [0.25, 0.3) is 0 Å². The number of benzene rings is 2. The molecule has 2 atom stereocenters. The fraction of sp³-hybridized carbons (Fsp3) is 0.211. The maximum Gasteiger partial charge on any atom is 0.321 e. The van der Waals surface area contributed by atoms with E-state index >= 15 is 0 Å². The standard InChI is InChI=1S/C19H18N2O4/c1-25-15-8-4-6-11(18(15)22)16-17-12(9-14(21-16)19(23)24)10-5-2-3-7-13(10)20-17/h2-8,14,16,20-22H,9H2,1H3,(H,23,24)/t14-,16+/m0/s1. The van der Waals surface area contributed by atoms with E-state index in [0.29, 0.717) is 17.7 Å². The molecule has 4 rings (SSSR count). The highest BCUT2D eigenvalue weighted by Crippen LogP contribution is 2.41. The summed E-state index contributed by atoms with van der Waals surface area (Å²) in [6, 6.07) is 11.8. The first-order valence-electron chi connectivity index (χ1n) is 8.04. The molecule has 2 heterocycles. The Morgan fingerprint density at radius 3 is 2.76 bits per heavy atom. The fourth-order valence-corrected chi connectivity index (χ4v) is 3.58. The summed E-state index contributed by atoms with van der Waals surface area (Å²) >= 11 is 0. The third-order valence-corrected chi connectivity index (χ3v) is 4.77. The van der Waals surface area contributed by atoms with Gasteiger partial charge >= 0.3 is 5.97 Å². The highest BCUT2D eigenvalue weighted by molar-refractivity contribution is 5.87. The van der Waals surface area contributed by atoms with Crippen molar-refractivity contribution in [3.8, 4) is 11.5 Å². The molecule has 0 amide bonds. The molecule has 0 unspecified atom stereocenters. The van der Waals surface area contributed by atoms with Gasteiger partial charge in [-0.2, -0.15) is 0 Å². The Labute approximate surface area is 144 Å². The first kappa shape index (κ1) is 15.5. The van der Waals surface area contributed by atoms with Crippen molar-refractivity contribution < 1.29 is 19.7 Å². The number of para-hydroxylation sites is 2. The molecule has 6 nitrogen and oxygen atoms in total. The second-order valence-electron chi connectivity index (χ2n) is 6.16. The number of aromatic hydroxyl groups is 1. The van der Waals surface area contributed by atoms with Crippen molar-refractivity contribution in [2.45, 2.75) is 18.5 Å². The monoisotopic (exact) mass is 338 g/mol. The number of carboxylic acids is 1. The normalized spacial score (nSPS) is 19.6. The smallest absolute Gasteiger partial charge is 0.321 e. The van der Waals surface area contributed by atoms with Crippen molar-refractivity contribution in [1.29, 1.82) is 0 Å². The van der Waals surface area contributed by atoms with E-state index < -0.39 is 18.1 Å². The number of fused-ring (bicyclic) bond motifs is 3. The number of nitrogens with one attached hydrogen (secondary N) is 2. The summed E-state index contributed by atoms with van der Waals surface area (Å²) in [5, 5.41) is 24.2. The number of methoxy groups -OCH3 is 1. The lowest BCUT2D eigenvalue weighted by atomic mass is 9.90. The van der Waals surface area contributed by atoms with Crippen LogP contribution in [-0.4, -0.2) is 34.3 Å². The summed E-state index contributed by atoms with van der Waals surface area (Å²) in [6.07, 6.45) is 0.385. The van der Waals surface area contributed by atoms with Gasteiger partial charge in [-0.3, -0.25) is 10.1 Å². The second-order valence-corrected chi connectivity index (χ2v) is 6.16. The third-order valence-electron chi connectivity index (χ3n) is 4.77. The molecular formula is C19H18N2O4. The lowest BCUT2D eigenvalue weighted by Gasteiger charge is -2.30. The van der Waals surface area contributed by atoms with Crippen LogP contribution in [0.4, 0.5) is 0 Å². The number of rotatable bonds is 3. The van der Waals surface area contributed by atoms with Gasteiger partial charge in [-0.15, -0.1) is 0 Å². The van der Waals surface area contributed by atoms with Crippen LogP contribution in [0.15, 0.2) is 42.5 Å². The number of ether oxygens (including phenoxy) is 1. The van der Waals surface area contributed by atoms with E-state index in [0.717, 1.165) is 22.2 Å². The quantitative estimate of drug-likeness (QED) is 0.589. The SMILES string of the molecule is COc1cccc([C@H]2N[C@H](C(=O)O)Cc3c2[nH]c2ccccc32)c1O. The second kappa shape index (κ2) is 5.82. The van der Waals surface area contributed by atoms with Crippen LogP contribution >= 0.6 is 0 Å². The van der Waals surface area contributed by atoms with E-state index in [1.54, 1.807) is 18.2 Å². The van der Waals surface area contributed by atoms with Gasteiger partial charge in [-0.1, -0.05) is 30.3 Å². The summed E-state index contributed by atoms with van der Waals surface area (Å²) in [4.78, 5) is 15.0. The minimum absolute atomic E-state index is 0.0122. The van der Waals surface area contributed by atoms with Gasteiger partial charge in [0.15, 0.2) is 11.5 Å². The Bertz CT molecular complexity index is 963. The minimum atomic E-state index is -0.914. The zero-order valence-electron chi connectivity index (χ0n) is 13.6. The number of aliphatic carboxylic acids is 1. The lowest BCUT2D eigenvalue weighted by molar-refractivity contribution is -0.139. The van der Waals surface area contributed by atoms with E-state index in [-0.39, 0.29) is 5.75 Å². The number of aromatic amines is 1. The maximum absolute atomic E-state index is 11.6. The molecule has 3 aromatic rings. The Balaban J connectivity index is 1.92. The molecule has 25 heavy (non-hydrogen) atoms. The molecule has 2 aromatic carbocycles. The maximum atomic E-state index is 11.6. The third kappa shape index (κ3) is 2.42. The van der Waals surface area contributed by atoms with Crippen LogP contribution in [0.2, 0.25) is 0 Å². The molecule has 0 bridgehead atoms. The molecule has 0 saturated heterocycles. The largest absolute Gasteiger partial charge is 0.504 e. The number of carbonyl (C=O) groups is 1. The molecular weight excluding hydrogens is 320 g/mol. The van der Waals surface area contributed by atoms with Crippen molar-refractivity contribution >= 4 is 16.9 Å². The molecule has 0 spiro atoms. The van der Waals surface area contributed by atoms with E-state index in [4.69, 9.17) is 4.74 Å². The number of hydrogen-bond donors (Lipinski definition) is 4. The number of phenolic OH excluding ortho intramolecular Hbond substituents is 1. The van der Waals surface area contributed by atoms with Gasteiger partial charge in [-0.25, -0.2) is 0 Å². The van der Waals surface area contributed by atoms with Crippen LogP contribution < -0.4 is 10.1 Å². The Kier molecular flexibility index (Phi) is 3.62. The van der Waals surface area contributed by atoms with Crippen molar-refractivity contribution in [3.63, 3.8) is 0 Å². The number of aromatic nitrogens is 1. The van der Waals surface area contributed by atoms with Crippen LogP contribution in [0.1, 0.15) is 22.9 Å².